The molecule has 0 saturated heterocycles. The van der Waals surface area contributed by atoms with Gasteiger partial charge in [0.15, 0.2) is 0 Å². The third-order valence-corrected chi connectivity index (χ3v) is 2.54. The summed E-state index contributed by atoms with van der Waals surface area (Å²) in [5.74, 6) is 0.0389. The Kier molecular flexibility index (Phi) is 4.52. The maximum Gasteiger partial charge on any atom is 0.322 e. The average Bonchev–Trinajstić information content (AvgIpc) is 2.43. The van der Waals surface area contributed by atoms with Crippen molar-refractivity contribution in [3.8, 4) is 6.01 Å². The van der Waals surface area contributed by atoms with Crippen molar-refractivity contribution in [2.45, 2.75) is 6.92 Å². The number of rotatable bonds is 5. The van der Waals surface area contributed by atoms with Gasteiger partial charge in [-0.2, -0.15) is 15.0 Å². The van der Waals surface area contributed by atoms with Gasteiger partial charge in [0.1, 0.15) is 5.82 Å². The summed E-state index contributed by atoms with van der Waals surface area (Å²) in [7, 11) is 1.44. The molecule has 0 fully saturated rings. The van der Waals surface area contributed by atoms with E-state index in [0.29, 0.717) is 17.5 Å². The number of aromatic nitrogens is 3. The minimum Gasteiger partial charge on any atom is -0.467 e. The van der Waals surface area contributed by atoms with E-state index in [2.05, 4.69) is 25.6 Å². The highest BCUT2D eigenvalue weighted by molar-refractivity contribution is 6.30. The Hall–Kier alpha value is -2.15. The summed E-state index contributed by atoms with van der Waals surface area (Å²) < 4.78 is 18.6. The van der Waals surface area contributed by atoms with Crippen LogP contribution in [0.2, 0.25) is 5.02 Å². The van der Waals surface area contributed by atoms with Crippen LogP contribution in [-0.4, -0.2) is 28.6 Å². The highest BCUT2D eigenvalue weighted by Gasteiger charge is 2.09. The third kappa shape index (κ3) is 3.45. The Balaban J connectivity index is 2.32. The number of nitrogens with zero attached hydrogens (tertiary/aromatic N) is 3. The smallest absolute Gasteiger partial charge is 0.322 e. The topological polar surface area (TPSA) is 72.0 Å². The summed E-state index contributed by atoms with van der Waals surface area (Å²) in [6.45, 7) is 2.54. The van der Waals surface area contributed by atoms with E-state index in [1.54, 1.807) is 0 Å². The first-order valence-electron chi connectivity index (χ1n) is 5.88. The van der Waals surface area contributed by atoms with Crippen molar-refractivity contribution < 1.29 is 9.13 Å². The summed E-state index contributed by atoms with van der Waals surface area (Å²) in [6.07, 6.45) is 0. The van der Waals surface area contributed by atoms with Gasteiger partial charge in [0.2, 0.25) is 11.9 Å². The largest absolute Gasteiger partial charge is 0.467 e. The van der Waals surface area contributed by atoms with Gasteiger partial charge >= 0.3 is 6.01 Å². The van der Waals surface area contributed by atoms with E-state index in [1.165, 1.54) is 25.3 Å². The molecule has 0 bridgehead atoms. The van der Waals surface area contributed by atoms with Crippen molar-refractivity contribution in [1.29, 1.82) is 0 Å². The maximum absolute atomic E-state index is 13.6. The molecule has 2 aromatic rings. The lowest BCUT2D eigenvalue weighted by Gasteiger charge is -2.09. The van der Waals surface area contributed by atoms with E-state index in [9.17, 15) is 4.39 Å². The van der Waals surface area contributed by atoms with Gasteiger partial charge in [-0.25, -0.2) is 4.39 Å². The van der Waals surface area contributed by atoms with Crippen molar-refractivity contribution >= 4 is 29.2 Å². The predicted octanol–water partition coefficient (Wildman–Crippen LogP) is 2.85. The standard InChI is InChI=1S/C12H13ClFN5O/c1-3-15-10-17-11(19-12(18-10)20-2)16-9-6-7(13)4-5-8(9)14/h4-6H,3H2,1-2H3,(H2,15,16,17,18,19). The second-order valence-corrected chi connectivity index (χ2v) is 4.19. The van der Waals surface area contributed by atoms with E-state index in [0.717, 1.165) is 0 Å². The van der Waals surface area contributed by atoms with Crippen LogP contribution in [0.25, 0.3) is 0 Å². The van der Waals surface area contributed by atoms with E-state index in [-0.39, 0.29) is 17.6 Å². The molecule has 8 heteroatoms. The molecule has 0 saturated carbocycles. The molecule has 106 valence electrons. The summed E-state index contributed by atoms with van der Waals surface area (Å²) in [4.78, 5) is 12.1. The molecule has 0 aliphatic carbocycles. The molecule has 6 nitrogen and oxygen atoms in total. The van der Waals surface area contributed by atoms with Crippen molar-refractivity contribution in [2.24, 2.45) is 0 Å². The second kappa shape index (κ2) is 6.33. The van der Waals surface area contributed by atoms with E-state index < -0.39 is 5.82 Å². The normalized spacial score (nSPS) is 10.2. The fourth-order valence-electron chi connectivity index (χ4n) is 1.45. The van der Waals surface area contributed by atoms with Crippen LogP contribution in [0.4, 0.5) is 22.0 Å². The Morgan fingerprint density at radius 1 is 1.25 bits per heavy atom. The molecule has 2 rings (SSSR count). The first-order valence-corrected chi connectivity index (χ1v) is 6.26. The molecule has 0 unspecified atom stereocenters. The Bertz CT molecular complexity index is 610. The minimum atomic E-state index is -0.459. The maximum atomic E-state index is 13.6. The van der Waals surface area contributed by atoms with Crippen LogP contribution in [0.1, 0.15) is 6.92 Å². The van der Waals surface area contributed by atoms with Crippen LogP contribution in [0, 0.1) is 5.82 Å². The van der Waals surface area contributed by atoms with Crippen molar-refractivity contribution in [2.75, 3.05) is 24.3 Å². The lowest BCUT2D eigenvalue weighted by Crippen LogP contribution is -2.08. The molecule has 0 aliphatic heterocycles. The number of benzene rings is 1. The number of halogens is 2. The highest BCUT2D eigenvalue weighted by atomic mass is 35.5. The van der Waals surface area contributed by atoms with Crippen molar-refractivity contribution in [1.82, 2.24) is 15.0 Å². The highest BCUT2D eigenvalue weighted by Crippen LogP contribution is 2.23. The lowest BCUT2D eigenvalue weighted by atomic mass is 10.3. The number of ether oxygens (including phenoxy) is 1. The van der Waals surface area contributed by atoms with Gasteiger partial charge in [-0.3, -0.25) is 0 Å². The van der Waals surface area contributed by atoms with E-state index in [4.69, 9.17) is 16.3 Å². The zero-order chi connectivity index (χ0) is 14.5. The summed E-state index contributed by atoms with van der Waals surface area (Å²) in [6, 6.07) is 4.29. The Labute approximate surface area is 120 Å². The predicted molar refractivity (Wildman–Crippen MR) is 75.2 cm³/mol. The summed E-state index contributed by atoms with van der Waals surface area (Å²) in [5, 5.41) is 6.08. The zero-order valence-electron chi connectivity index (χ0n) is 10.9. The lowest BCUT2D eigenvalue weighted by molar-refractivity contribution is 0.379. The molecular weight excluding hydrogens is 285 g/mol. The molecule has 1 aromatic heterocycles. The van der Waals surface area contributed by atoms with Crippen LogP contribution in [0.3, 0.4) is 0 Å². The SMILES string of the molecule is CCNc1nc(Nc2cc(Cl)ccc2F)nc(OC)n1. The number of methoxy groups -OCH3 is 1. The van der Waals surface area contributed by atoms with E-state index in [1.807, 2.05) is 6.92 Å². The van der Waals surface area contributed by atoms with Gasteiger partial charge in [0.05, 0.1) is 12.8 Å². The van der Waals surface area contributed by atoms with Crippen LogP contribution >= 0.6 is 11.6 Å². The molecule has 0 radical (unpaired) electrons. The minimum absolute atomic E-state index is 0.126. The number of nitrogens with one attached hydrogen (secondary N) is 2. The number of hydrogen-bond donors (Lipinski definition) is 2. The van der Waals surface area contributed by atoms with Gasteiger partial charge in [-0.1, -0.05) is 11.6 Å². The number of anilines is 3. The number of hydrogen-bond acceptors (Lipinski definition) is 6. The van der Waals surface area contributed by atoms with E-state index >= 15 is 0 Å². The van der Waals surface area contributed by atoms with Crippen molar-refractivity contribution in [3.05, 3.63) is 29.0 Å². The Morgan fingerprint density at radius 3 is 2.70 bits per heavy atom. The molecule has 0 atom stereocenters. The molecular formula is C12H13ClFN5O. The molecule has 1 heterocycles. The van der Waals surface area contributed by atoms with Crippen molar-refractivity contribution in [3.63, 3.8) is 0 Å². The van der Waals surface area contributed by atoms with Gasteiger partial charge in [-0.05, 0) is 25.1 Å². The fourth-order valence-corrected chi connectivity index (χ4v) is 1.63. The average molecular weight is 298 g/mol. The monoisotopic (exact) mass is 297 g/mol. The molecule has 2 N–H and O–H groups in total. The molecule has 0 spiro atoms. The van der Waals surface area contributed by atoms with Gasteiger partial charge in [-0.15, -0.1) is 0 Å². The zero-order valence-corrected chi connectivity index (χ0v) is 11.7. The molecule has 0 aliphatic rings. The third-order valence-electron chi connectivity index (χ3n) is 2.31. The van der Waals surface area contributed by atoms with Crippen LogP contribution < -0.4 is 15.4 Å². The van der Waals surface area contributed by atoms with Gasteiger partial charge in [0.25, 0.3) is 0 Å². The van der Waals surface area contributed by atoms with Gasteiger partial charge < -0.3 is 15.4 Å². The summed E-state index contributed by atoms with van der Waals surface area (Å²) >= 11 is 5.83. The fraction of sp³-hybridized carbons (Fsp3) is 0.250. The second-order valence-electron chi connectivity index (χ2n) is 3.75. The van der Waals surface area contributed by atoms with Crippen LogP contribution in [-0.2, 0) is 0 Å². The van der Waals surface area contributed by atoms with Crippen LogP contribution in [0.5, 0.6) is 6.01 Å². The quantitative estimate of drug-likeness (QED) is 0.884. The van der Waals surface area contributed by atoms with Crippen LogP contribution in [0.15, 0.2) is 18.2 Å². The first-order chi connectivity index (χ1) is 9.62. The molecule has 0 amide bonds. The molecule has 20 heavy (non-hydrogen) atoms. The molecule has 1 aromatic carbocycles. The van der Waals surface area contributed by atoms with Gasteiger partial charge in [0, 0.05) is 11.6 Å². The first kappa shape index (κ1) is 14.3. The Morgan fingerprint density at radius 2 is 2.00 bits per heavy atom. The summed E-state index contributed by atoms with van der Waals surface area (Å²) in [5.41, 5.74) is 0.174.